The standard InChI is InChI=1S/C15H15ClN2O4S3/c1-4-18-9-7-10(21-2)11(22-3)8-12(9)23-15(18)17-25(19,20)14-6-5-13(16)24-14/h5-8H,4H2,1-3H3/b17-15-. The molecule has 0 unspecified atom stereocenters. The molecule has 6 nitrogen and oxygen atoms in total. The van der Waals surface area contributed by atoms with Crippen LogP contribution in [0.1, 0.15) is 6.92 Å². The summed E-state index contributed by atoms with van der Waals surface area (Å²) >= 11 is 8.11. The van der Waals surface area contributed by atoms with Crippen molar-refractivity contribution < 1.29 is 17.9 Å². The van der Waals surface area contributed by atoms with Crippen LogP contribution in [0.25, 0.3) is 10.2 Å². The second-order valence-corrected chi connectivity index (χ2v) is 9.48. The maximum Gasteiger partial charge on any atom is 0.294 e. The van der Waals surface area contributed by atoms with Gasteiger partial charge in [-0.25, -0.2) is 0 Å². The van der Waals surface area contributed by atoms with E-state index in [4.69, 9.17) is 21.1 Å². The highest BCUT2D eigenvalue weighted by Gasteiger charge is 2.18. The smallest absolute Gasteiger partial charge is 0.294 e. The summed E-state index contributed by atoms with van der Waals surface area (Å²) in [6.07, 6.45) is 0. The lowest BCUT2D eigenvalue weighted by molar-refractivity contribution is 0.355. The van der Waals surface area contributed by atoms with Gasteiger partial charge in [-0.1, -0.05) is 22.9 Å². The third kappa shape index (κ3) is 3.41. The zero-order valence-corrected chi connectivity index (χ0v) is 16.9. The van der Waals surface area contributed by atoms with Crippen LogP contribution in [0.4, 0.5) is 0 Å². The number of aromatic nitrogens is 1. The number of thiazole rings is 1. The fourth-order valence-electron chi connectivity index (χ4n) is 2.36. The monoisotopic (exact) mass is 418 g/mol. The number of hydrogen-bond acceptors (Lipinski definition) is 6. The Kier molecular flexibility index (Phi) is 5.10. The molecule has 1 aromatic carbocycles. The molecule has 10 heteroatoms. The zero-order chi connectivity index (χ0) is 18.2. The normalized spacial score (nSPS) is 12.7. The van der Waals surface area contributed by atoms with E-state index >= 15 is 0 Å². The van der Waals surface area contributed by atoms with Gasteiger partial charge >= 0.3 is 0 Å². The van der Waals surface area contributed by atoms with Crippen molar-refractivity contribution in [1.82, 2.24) is 4.57 Å². The van der Waals surface area contributed by atoms with Gasteiger partial charge in [0.15, 0.2) is 11.5 Å². The fraction of sp³-hybridized carbons (Fsp3) is 0.267. The van der Waals surface area contributed by atoms with Gasteiger partial charge in [-0.15, -0.1) is 15.7 Å². The Morgan fingerprint density at radius 1 is 1.16 bits per heavy atom. The van der Waals surface area contributed by atoms with E-state index in [0.717, 1.165) is 21.6 Å². The van der Waals surface area contributed by atoms with Crippen molar-refractivity contribution in [2.24, 2.45) is 4.40 Å². The van der Waals surface area contributed by atoms with Crippen molar-refractivity contribution in [3.8, 4) is 11.5 Å². The molecule has 134 valence electrons. The van der Waals surface area contributed by atoms with Gasteiger partial charge in [0, 0.05) is 18.7 Å². The van der Waals surface area contributed by atoms with Crippen molar-refractivity contribution in [2.75, 3.05) is 14.2 Å². The van der Waals surface area contributed by atoms with Crippen LogP contribution in [0.5, 0.6) is 11.5 Å². The molecular formula is C15H15ClN2O4S3. The summed E-state index contributed by atoms with van der Waals surface area (Å²) in [7, 11) is -0.703. The number of nitrogens with zero attached hydrogens (tertiary/aromatic N) is 2. The van der Waals surface area contributed by atoms with Gasteiger partial charge in [-0.2, -0.15) is 8.42 Å². The SMILES string of the molecule is CCn1/c(=N/S(=O)(=O)c2ccc(Cl)s2)sc2cc(OC)c(OC)cc21. The van der Waals surface area contributed by atoms with Gasteiger partial charge in [-0.05, 0) is 19.1 Å². The lowest BCUT2D eigenvalue weighted by Gasteiger charge is -2.08. The first-order chi connectivity index (χ1) is 11.9. The van der Waals surface area contributed by atoms with Crippen molar-refractivity contribution in [3.05, 3.63) is 33.4 Å². The van der Waals surface area contributed by atoms with Gasteiger partial charge in [0.25, 0.3) is 10.0 Å². The van der Waals surface area contributed by atoms with Crippen LogP contribution >= 0.6 is 34.3 Å². The van der Waals surface area contributed by atoms with Gasteiger partial charge in [0.2, 0.25) is 4.80 Å². The van der Waals surface area contributed by atoms with Crippen molar-refractivity contribution >= 4 is 54.5 Å². The molecule has 0 spiro atoms. The average Bonchev–Trinajstić information content (AvgIpc) is 3.16. The number of benzene rings is 1. The van der Waals surface area contributed by atoms with Crippen LogP contribution in [0.15, 0.2) is 32.9 Å². The summed E-state index contributed by atoms with van der Waals surface area (Å²) in [5, 5.41) is 0. The number of methoxy groups -OCH3 is 2. The third-order valence-corrected chi connectivity index (χ3v) is 7.63. The van der Waals surface area contributed by atoms with E-state index < -0.39 is 10.0 Å². The van der Waals surface area contributed by atoms with E-state index in [0.29, 0.717) is 27.2 Å². The van der Waals surface area contributed by atoms with E-state index in [9.17, 15) is 8.42 Å². The molecule has 25 heavy (non-hydrogen) atoms. The number of sulfonamides is 1. The number of rotatable bonds is 5. The molecule has 0 aliphatic heterocycles. The first kappa shape index (κ1) is 18.2. The van der Waals surface area contributed by atoms with Crippen molar-refractivity contribution in [2.45, 2.75) is 17.7 Å². The minimum absolute atomic E-state index is 0.118. The number of thiophene rings is 1. The molecule has 0 amide bonds. The van der Waals surface area contributed by atoms with Crippen LogP contribution in [0, 0.1) is 0 Å². The molecular weight excluding hydrogens is 404 g/mol. The summed E-state index contributed by atoms with van der Waals surface area (Å²) in [5.41, 5.74) is 0.836. The molecule has 0 N–H and O–H groups in total. The van der Waals surface area contributed by atoms with Gasteiger partial charge < -0.3 is 14.0 Å². The lowest BCUT2D eigenvalue weighted by atomic mass is 10.3. The highest BCUT2D eigenvalue weighted by Crippen LogP contribution is 2.33. The maximum atomic E-state index is 12.5. The molecule has 0 radical (unpaired) electrons. The van der Waals surface area contributed by atoms with Crippen LogP contribution in [0.3, 0.4) is 0 Å². The zero-order valence-electron chi connectivity index (χ0n) is 13.6. The number of hydrogen-bond donors (Lipinski definition) is 0. The van der Waals surface area contributed by atoms with Gasteiger partial charge in [0.05, 0.1) is 28.8 Å². The summed E-state index contributed by atoms with van der Waals surface area (Å²) in [4.78, 5) is 0.386. The van der Waals surface area contributed by atoms with Crippen LogP contribution in [0.2, 0.25) is 4.34 Å². The number of halogens is 1. The van der Waals surface area contributed by atoms with Crippen LogP contribution < -0.4 is 14.3 Å². The molecule has 0 atom stereocenters. The Labute approximate surface area is 158 Å². The highest BCUT2D eigenvalue weighted by molar-refractivity contribution is 7.92. The Balaban J connectivity index is 2.25. The van der Waals surface area contributed by atoms with Crippen molar-refractivity contribution in [1.29, 1.82) is 0 Å². The minimum Gasteiger partial charge on any atom is -0.493 e. The molecule has 2 aromatic heterocycles. The number of fused-ring (bicyclic) bond motifs is 1. The molecule has 0 fully saturated rings. The van der Waals surface area contributed by atoms with E-state index in [1.807, 2.05) is 23.6 Å². The Hall–Kier alpha value is -1.55. The summed E-state index contributed by atoms with van der Waals surface area (Å²) in [6.45, 7) is 2.49. The first-order valence-corrected chi connectivity index (χ1v) is 10.7. The Morgan fingerprint density at radius 3 is 2.40 bits per heavy atom. The topological polar surface area (TPSA) is 69.9 Å². The van der Waals surface area contributed by atoms with Crippen LogP contribution in [-0.4, -0.2) is 27.2 Å². The second-order valence-electron chi connectivity index (χ2n) is 4.93. The fourth-order valence-corrected chi connectivity index (χ4v) is 6.12. The minimum atomic E-state index is -3.82. The summed E-state index contributed by atoms with van der Waals surface area (Å²) in [6, 6.07) is 6.64. The summed E-state index contributed by atoms with van der Waals surface area (Å²) in [5.74, 6) is 1.16. The highest BCUT2D eigenvalue weighted by atomic mass is 35.5. The van der Waals surface area contributed by atoms with E-state index in [1.165, 1.54) is 17.4 Å². The van der Waals surface area contributed by atoms with Crippen LogP contribution in [-0.2, 0) is 16.6 Å². The summed E-state index contributed by atoms with van der Waals surface area (Å²) < 4.78 is 42.9. The second kappa shape index (κ2) is 6.99. The molecule has 3 aromatic rings. The average molecular weight is 419 g/mol. The molecule has 0 aliphatic rings. The molecule has 2 heterocycles. The van der Waals surface area contributed by atoms with E-state index in [-0.39, 0.29) is 4.21 Å². The maximum absolute atomic E-state index is 12.5. The predicted octanol–water partition coefficient (Wildman–Crippen LogP) is 3.74. The third-order valence-electron chi connectivity index (χ3n) is 3.51. The Morgan fingerprint density at radius 2 is 1.84 bits per heavy atom. The number of ether oxygens (including phenoxy) is 2. The molecule has 0 aliphatic carbocycles. The number of aryl methyl sites for hydroxylation is 1. The quantitative estimate of drug-likeness (QED) is 0.632. The van der Waals surface area contributed by atoms with Crippen molar-refractivity contribution in [3.63, 3.8) is 0 Å². The van der Waals surface area contributed by atoms with Gasteiger partial charge in [-0.3, -0.25) is 0 Å². The first-order valence-electron chi connectivity index (χ1n) is 7.21. The van der Waals surface area contributed by atoms with E-state index in [2.05, 4.69) is 4.40 Å². The van der Waals surface area contributed by atoms with E-state index in [1.54, 1.807) is 20.3 Å². The Bertz CT molecular complexity index is 1100. The molecule has 0 saturated carbocycles. The lowest BCUT2D eigenvalue weighted by Crippen LogP contribution is -2.15. The molecule has 0 bridgehead atoms. The molecule has 3 rings (SSSR count). The largest absolute Gasteiger partial charge is 0.493 e. The predicted molar refractivity (Wildman–Crippen MR) is 101 cm³/mol. The molecule has 0 saturated heterocycles. The van der Waals surface area contributed by atoms with Gasteiger partial charge in [0.1, 0.15) is 4.21 Å².